The average Bonchev–Trinajstić information content (AvgIpc) is 2.58. The van der Waals surface area contributed by atoms with Crippen molar-refractivity contribution in [2.75, 3.05) is 0 Å². The molecule has 1 fully saturated rings. The van der Waals surface area contributed by atoms with Gasteiger partial charge in [0.25, 0.3) is 0 Å². The SMILES string of the molecule is O=[N+]([O-])C1=CC2(F)SC2C=C1F. The van der Waals surface area contributed by atoms with Crippen molar-refractivity contribution in [3.8, 4) is 0 Å². The second kappa shape index (κ2) is 2.07. The lowest BCUT2D eigenvalue weighted by Gasteiger charge is -2.02. The van der Waals surface area contributed by atoms with E-state index in [9.17, 15) is 18.9 Å². The molecule has 6 heteroatoms. The Hall–Kier alpha value is -0.910. The van der Waals surface area contributed by atoms with E-state index in [4.69, 9.17) is 0 Å². The molecule has 1 heterocycles. The molecule has 1 aliphatic heterocycles. The lowest BCUT2D eigenvalue weighted by Crippen LogP contribution is -2.12. The first-order valence-electron chi connectivity index (χ1n) is 3.14. The number of thioether (sulfide) groups is 1. The maximum absolute atomic E-state index is 13.1. The van der Waals surface area contributed by atoms with Gasteiger partial charge in [0.05, 0.1) is 10.2 Å². The van der Waals surface area contributed by atoms with Crippen molar-refractivity contribution in [2.24, 2.45) is 0 Å². The van der Waals surface area contributed by atoms with Crippen LogP contribution in [0.15, 0.2) is 23.7 Å². The van der Waals surface area contributed by atoms with E-state index in [2.05, 4.69) is 0 Å². The van der Waals surface area contributed by atoms with Crippen LogP contribution >= 0.6 is 11.8 Å². The third-order valence-electron chi connectivity index (χ3n) is 1.71. The second-order valence-corrected chi connectivity index (χ2v) is 3.91. The summed E-state index contributed by atoms with van der Waals surface area (Å²) in [5, 5.41) is 7.86. The Balaban J connectivity index is 2.38. The predicted octanol–water partition coefficient (Wildman–Crippen LogP) is 1.80. The molecular weight excluding hydrogens is 188 g/mol. The molecule has 64 valence electrons. The molecule has 0 spiro atoms. The van der Waals surface area contributed by atoms with Crippen molar-refractivity contribution in [3.05, 3.63) is 33.8 Å². The Bertz CT molecular complexity index is 328. The van der Waals surface area contributed by atoms with Crippen LogP contribution in [0.3, 0.4) is 0 Å². The van der Waals surface area contributed by atoms with Gasteiger partial charge in [-0.15, -0.1) is 11.8 Å². The van der Waals surface area contributed by atoms with Crippen molar-refractivity contribution < 1.29 is 13.7 Å². The normalized spacial score (nSPS) is 38.0. The van der Waals surface area contributed by atoms with Gasteiger partial charge in [0.15, 0.2) is 10.8 Å². The highest BCUT2D eigenvalue weighted by Crippen LogP contribution is 2.59. The van der Waals surface area contributed by atoms with Gasteiger partial charge in [0, 0.05) is 6.08 Å². The molecule has 1 saturated heterocycles. The highest BCUT2D eigenvalue weighted by atomic mass is 32.2. The lowest BCUT2D eigenvalue weighted by molar-refractivity contribution is -0.423. The molecule has 0 aromatic carbocycles. The summed E-state index contributed by atoms with van der Waals surface area (Å²) in [4.78, 5) is 9.24. The standard InChI is InChI=1S/C6H3F2NO2S/c7-3-1-5-6(8,12-5)2-4(3)9(10)11/h1-2,5H. The van der Waals surface area contributed by atoms with Crippen LogP contribution in [0, 0.1) is 10.1 Å². The Morgan fingerprint density at radius 2 is 2.42 bits per heavy atom. The number of nitro groups is 1. The molecule has 0 amide bonds. The van der Waals surface area contributed by atoms with Crippen LogP contribution in [0.1, 0.15) is 0 Å². The van der Waals surface area contributed by atoms with Gasteiger partial charge in [0.1, 0.15) is 0 Å². The van der Waals surface area contributed by atoms with E-state index in [0.717, 1.165) is 23.9 Å². The number of allylic oxidation sites excluding steroid dienone is 1. The summed E-state index contributed by atoms with van der Waals surface area (Å²) in [6.07, 6.45) is 1.68. The molecule has 0 aromatic rings. The van der Waals surface area contributed by atoms with Gasteiger partial charge in [-0.1, -0.05) is 0 Å². The third kappa shape index (κ3) is 0.945. The van der Waals surface area contributed by atoms with Gasteiger partial charge in [-0.25, -0.2) is 4.39 Å². The zero-order chi connectivity index (χ0) is 8.93. The number of hydrogen-bond donors (Lipinski definition) is 0. The van der Waals surface area contributed by atoms with Crippen LogP contribution in [0.4, 0.5) is 8.78 Å². The smallest absolute Gasteiger partial charge is 0.258 e. The minimum atomic E-state index is -1.72. The second-order valence-electron chi connectivity index (χ2n) is 2.54. The number of rotatable bonds is 1. The van der Waals surface area contributed by atoms with Crippen molar-refractivity contribution in [2.45, 2.75) is 10.3 Å². The van der Waals surface area contributed by atoms with E-state index in [1.807, 2.05) is 0 Å². The summed E-state index contributed by atoms with van der Waals surface area (Å²) in [5.74, 6) is -0.941. The summed E-state index contributed by atoms with van der Waals surface area (Å²) in [7, 11) is 0. The Labute approximate surface area is 70.3 Å². The maximum Gasteiger partial charge on any atom is 0.304 e. The molecule has 0 aromatic heterocycles. The van der Waals surface area contributed by atoms with Crippen molar-refractivity contribution in [3.63, 3.8) is 0 Å². The van der Waals surface area contributed by atoms with E-state index >= 15 is 0 Å². The van der Waals surface area contributed by atoms with E-state index in [1.54, 1.807) is 0 Å². The summed E-state index contributed by atoms with van der Waals surface area (Å²) in [5.41, 5.74) is -0.765. The molecule has 0 saturated carbocycles. The summed E-state index contributed by atoms with van der Waals surface area (Å²) >= 11 is 0.862. The first kappa shape index (κ1) is 7.72. The van der Waals surface area contributed by atoms with Crippen LogP contribution in [0.5, 0.6) is 0 Å². The topological polar surface area (TPSA) is 43.1 Å². The lowest BCUT2D eigenvalue weighted by atomic mass is 10.1. The molecule has 2 rings (SSSR count). The van der Waals surface area contributed by atoms with E-state index < -0.39 is 26.7 Å². The summed E-state index contributed by atoms with van der Waals surface area (Å²) in [6, 6.07) is 0. The molecule has 3 nitrogen and oxygen atoms in total. The molecule has 0 bridgehead atoms. The fourth-order valence-corrected chi connectivity index (χ4v) is 1.86. The van der Waals surface area contributed by atoms with E-state index in [0.29, 0.717) is 0 Å². The minimum Gasteiger partial charge on any atom is -0.258 e. The van der Waals surface area contributed by atoms with Crippen molar-refractivity contribution >= 4 is 11.8 Å². The number of hydrogen-bond acceptors (Lipinski definition) is 3. The number of fused-ring (bicyclic) bond motifs is 1. The van der Waals surface area contributed by atoms with Crippen molar-refractivity contribution in [1.29, 1.82) is 0 Å². The van der Waals surface area contributed by atoms with Gasteiger partial charge in [-0.2, -0.15) is 4.39 Å². The Morgan fingerprint density at radius 3 is 3.00 bits per heavy atom. The van der Waals surface area contributed by atoms with Crippen molar-refractivity contribution in [1.82, 2.24) is 0 Å². The van der Waals surface area contributed by atoms with Gasteiger partial charge >= 0.3 is 5.70 Å². The molecule has 0 radical (unpaired) electrons. The molecular formula is C6H3F2NO2S. The molecule has 2 atom stereocenters. The molecule has 0 N–H and O–H groups in total. The van der Waals surface area contributed by atoms with Crippen LogP contribution in [-0.2, 0) is 0 Å². The van der Waals surface area contributed by atoms with E-state index in [-0.39, 0.29) is 0 Å². The molecule has 1 aliphatic carbocycles. The molecule has 12 heavy (non-hydrogen) atoms. The van der Waals surface area contributed by atoms with Crippen LogP contribution in [-0.4, -0.2) is 15.2 Å². The van der Waals surface area contributed by atoms with E-state index in [1.165, 1.54) is 0 Å². The molecule has 2 unspecified atom stereocenters. The number of alkyl halides is 1. The number of nitrogens with zero attached hydrogens (tertiary/aromatic N) is 1. The zero-order valence-corrected chi connectivity index (χ0v) is 6.48. The average molecular weight is 191 g/mol. The highest BCUT2D eigenvalue weighted by Gasteiger charge is 2.59. The largest absolute Gasteiger partial charge is 0.304 e. The van der Waals surface area contributed by atoms with Crippen LogP contribution in [0.2, 0.25) is 0 Å². The number of halogens is 2. The first-order chi connectivity index (χ1) is 5.53. The highest BCUT2D eigenvalue weighted by molar-refractivity contribution is 8.08. The van der Waals surface area contributed by atoms with Gasteiger partial charge in [0.2, 0.25) is 0 Å². The Kier molecular flexibility index (Phi) is 1.33. The monoisotopic (exact) mass is 191 g/mol. The third-order valence-corrected chi connectivity index (χ3v) is 2.92. The predicted molar refractivity (Wildman–Crippen MR) is 39.5 cm³/mol. The minimum absolute atomic E-state index is 0.568. The van der Waals surface area contributed by atoms with Crippen LogP contribution < -0.4 is 0 Å². The quantitative estimate of drug-likeness (QED) is 0.360. The maximum atomic E-state index is 13.1. The van der Waals surface area contributed by atoms with Gasteiger partial charge in [-0.3, -0.25) is 10.1 Å². The summed E-state index contributed by atoms with van der Waals surface area (Å²) < 4.78 is 25.8. The fourth-order valence-electron chi connectivity index (χ4n) is 1.04. The molecule has 2 aliphatic rings. The zero-order valence-electron chi connectivity index (χ0n) is 5.66. The fraction of sp³-hybridized carbons (Fsp3) is 0.333. The summed E-state index contributed by atoms with van der Waals surface area (Å²) in [6.45, 7) is 0. The first-order valence-corrected chi connectivity index (χ1v) is 4.02. The van der Waals surface area contributed by atoms with Gasteiger partial charge < -0.3 is 0 Å². The van der Waals surface area contributed by atoms with Crippen LogP contribution in [0.25, 0.3) is 0 Å². The Morgan fingerprint density at radius 1 is 1.75 bits per heavy atom. The van der Waals surface area contributed by atoms with Gasteiger partial charge in [-0.05, 0) is 6.08 Å².